The van der Waals surface area contributed by atoms with Crippen molar-refractivity contribution in [3.63, 3.8) is 0 Å². The quantitative estimate of drug-likeness (QED) is 0.294. The molecule has 0 radical (unpaired) electrons. The average molecular weight is 600 g/mol. The Balaban J connectivity index is 1.30. The van der Waals surface area contributed by atoms with E-state index in [1.807, 2.05) is 18.2 Å². The predicted molar refractivity (Wildman–Crippen MR) is 165 cm³/mol. The number of allylic oxidation sites excluding steroid dienone is 1. The Morgan fingerprint density at radius 2 is 1.65 bits per heavy atom. The molecule has 1 fully saturated rings. The molecule has 3 aromatic carbocycles. The molecular formula is C32H33Cl3N2O3. The van der Waals surface area contributed by atoms with E-state index in [2.05, 4.69) is 35.8 Å². The Kier molecular flexibility index (Phi) is 8.67. The van der Waals surface area contributed by atoms with Crippen molar-refractivity contribution in [2.75, 3.05) is 37.6 Å². The number of rotatable bonds is 7. The molecule has 5 nitrogen and oxygen atoms in total. The second-order valence-corrected chi connectivity index (χ2v) is 12.6. The van der Waals surface area contributed by atoms with Gasteiger partial charge in [-0.3, -0.25) is 4.90 Å². The van der Waals surface area contributed by atoms with Crippen molar-refractivity contribution in [1.82, 2.24) is 4.90 Å². The molecule has 0 spiro atoms. The van der Waals surface area contributed by atoms with Crippen LogP contribution in [0.1, 0.15) is 49.0 Å². The number of hydrogen-bond donors (Lipinski definition) is 1. The highest BCUT2D eigenvalue weighted by Gasteiger charge is 2.29. The van der Waals surface area contributed by atoms with Crippen molar-refractivity contribution in [3.05, 3.63) is 92.4 Å². The van der Waals surface area contributed by atoms with Gasteiger partial charge in [-0.1, -0.05) is 66.4 Å². The van der Waals surface area contributed by atoms with Gasteiger partial charge in [0.05, 0.1) is 10.0 Å². The van der Waals surface area contributed by atoms with E-state index < -0.39 is 5.97 Å². The Morgan fingerprint density at radius 3 is 2.33 bits per heavy atom. The molecule has 210 valence electrons. The Bertz CT molecular complexity index is 1430. The summed E-state index contributed by atoms with van der Waals surface area (Å²) in [6.45, 7) is 9.20. The molecule has 1 aliphatic carbocycles. The molecule has 3 aromatic rings. The van der Waals surface area contributed by atoms with E-state index in [1.165, 1.54) is 23.1 Å². The molecule has 1 N–H and O–H groups in total. The third kappa shape index (κ3) is 6.77. The Labute approximate surface area is 250 Å². The van der Waals surface area contributed by atoms with Crippen LogP contribution in [0.4, 0.5) is 5.69 Å². The van der Waals surface area contributed by atoms with Crippen LogP contribution < -0.4 is 9.64 Å². The fourth-order valence-corrected chi connectivity index (χ4v) is 5.95. The summed E-state index contributed by atoms with van der Waals surface area (Å²) in [5.74, 6) is -0.348. The van der Waals surface area contributed by atoms with E-state index >= 15 is 0 Å². The predicted octanol–water partition coefficient (Wildman–Crippen LogP) is 8.92. The van der Waals surface area contributed by atoms with Gasteiger partial charge in [0.25, 0.3) is 0 Å². The second kappa shape index (κ2) is 12.0. The summed E-state index contributed by atoms with van der Waals surface area (Å²) in [6.07, 6.45) is 3.37. The number of nitrogens with zero attached hydrogens (tertiary/aromatic N) is 2. The lowest BCUT2D eigenvalue weighted by molar-refractivity contribution is 0.0694. The summed E-state index contributed by atoms with van der Waals surface area (Å²) >= 11 is 18.3. The highest BCUT2D eigenvalue weighted by atomic mass is 35.5. The highest BCUT2D eigenvalue weighted by Crippen LogP contribution is 2.43. The summed E-state index contributed by atoms with van der Waals surface area (Å²) < 4.78 is 5.96. The minimum absolute atomic E-state index is 0.0929. The third-order valence-electron chi connectivity index (χ3n) is 7.84. The molecule has 0 saturated carbocycles. The normalized spacial score (nSPS) is 17.7. The topological polar surface area (TPSA) is 53.0 Å². The van der Waals surface area contributed by atoms with Crippen molar-refractivity contribution in [1.29, 1.82) is 0 Å². The number of benzene rings is 3. The molecule has 1 aliphatic heterocycles. The molecule has 0 unspecified atom stereocenters. The molecule has 5 rings (SSSR count). The molecule has 0 amide bonds. The molecule has 0 bridgehead atoms. The van der Waals surface area contributed by atoms with Crippen LogP contribution in [0, 0.1) is 5.41 Å². The lowest BCUT2D eigenvalue weighted by Crippen LogP contribution is -2.47. The molecule has 1 saturated heterocycles. The van der Waals surface area contributed by atoms with Crippen LogP contribution in [0.2, 0.25) is 15.1 Å². The van der Waals surface area contributed by atoms with E-state index in [1.54, 1.807) is 30.3 Å². The van der Waals surface area contributed by atoms with Crippen LogP contribution >= 0.6 is 34.8 Å². The van der Waals surface area contributed by atoms with Crippen molar-refractivity contribution >= 4 is 52.0 Å². The number of halogens is 3. The third-order valence-corrected chi connectivity index (χ3v) is 8.84. The number of carboxylic acid groups (broad SMARTS) is 1. The maximum absolute atomic E-state index is 11.9. The summed E-state index contributed by atoms with van der Waals surface area (Å²) in [6, 6.07) is 18.4. The monoisotopic (exact) mass is 598 g/mol. The highest BCUT2D eigenvalue weighted by molar-refractivity contribution is 6.42. The van der Waals surface area contributed by atoms with Gasteiger partial charge < -0.3 is 14.7 Å². The zero-order valence-electron chi connectivity index (χ0n) is 22.7. The van der Waals surface area contributed by atoms with Crippen LogP contribution in [-0.2, 0) is 0 Å². The van der Waals surface area contributed by atoms with E-state index in [9.17, 15) is 9.90 Å². The molecule has 1 heterocycles. The SMILES string of the molecule is CC1(C)CCC(CN2CCN(c3ccc(C(=O)O)c(Oc4ccc(Cl)c(Cl)c4)c3)CC2)=C(c2ccc(Cl)cc2)C1. The van der Waals surface area contributed by atoms with Gasteiger partial charge in [0.15, 0.2) is 0 Å². The van der Waals surface area contributed by atoms with Gasteiger partial charge in [-0.25, -0.2) is 4.79 Å². The molecule has 0 atom stereocenters. The number of carbonyl (C=O) groups is 1. The fourth-order valence-electron chi connectivity index (χ4n) is 5.53. The van der Waals surface area contributed by atoms with Gasteiger partial charge in [0.2, 0.25) is 0 Å². The average Bonchev–Trinajstić information content (AvgIpc) is 2.92. The smallest absolute Gasteiger partial charge is 0.339 e. The first-order valence-electron chi connectivity index (χ1n) is 13.5. The summed E-state index contributed by atoms with van der Waals surface area (Å²) in [4.78, 5) is 16.7. The minimum Gasteiger partial charge on any atom is -0.478 e. The van der Waals surface area contributed by atoms with E-state index in [-0.39, 0.29) is 16.7 Å². The molecule has 8 heteroatoms. The maximum Gasteiger partial charge on any atom is 0.339 e. The first-order chi connectivity index (χ1) is 19.1. The largest absolute Gasteiger partial charge is 0.478 e. The fraction of sp³-hybridized carbons (Fsp3) is 0.344. The van der Waals surface area contributed by atoms with Crippen molar-refractivity contribution in [2.24, 2.45) is 5.41 Å². The minimum atomic E-state index is -1.05. The number of aromatic carboxylic acids is 1. The van der Waals surface area contributed by atoms with Gasteiger partial charge >= 0.3 is 5.97 Å². The van der Waals surface area contributed by atoms with Crippen molar-refractivity contribution in [2.45, 2.75) is 33.1 Å². The van der Waals surface area contributed by atoms with Crippen molar-refractivity contribution in [3.8, 4) is 11.5 Å². The molecule has 0 aromatic heterocycles. The van der Waals surface area contributed by atoms with Gasteiger partial charge in [0, 0.05) is 55.6 Å². The lowest BCUT2D eigenvalue weighted by atomic mass is 9.72. The van der Waals surface area contributed by atoms with Crippen molar-refractivity contribution < 1.29 is 14.6 Å². The first-order valence-corrected chi connectivity index (χ1v) is 14.7. The number of hydrogen-bond acceptors (Lipinski definition) is 4. The summed E-state index contributed by atoms with van der Waals surface area (Å²) in [5.41, 5.74) is 5.58. The number of carboxylic acids is 1. The van der Waals surface area contributed by atoms with Crippen LogP contribution in [0.15, 0.2) is 66.2 Å². The van der Waals surface area contributed by atoms with Crippen LogP contribution in [0.5, 0.6) is 11.5 Å². The van der Waals surface area contributed by atoms with Gasteiger partial charge in [-0.2, -0.15) is 0 Å². The van der Waals surface area contributed by atoms with Crippen LogP contribution in [-0.4, -0.2) is 48.7 Å². The molecule has 2 aliphatic rings. The zero-order chi connectivity index (χ0) is 28.4. The molecular weight excluding hydrogens is 567 g/mol. The number of anilines is 1. The lowest BCUT2D eigenvalue weighted by Gasteiger charge is -2.39. The Morgan fingerprint density at radius 1 is 0.925 bits per heavy atom. The summed E-state index contributed by atoms with van der Waals surface area (Å²) in [5, 5.41) is 11.2. The first kappa shape index (κ1) is 28.8. The van der Waals surface area contributed by atoms with Gasteiger partial charge in [0.1, 0.15) is 17.1 Å². The Hall–Kier alpha value is -2.70. The molecule has 40 heavy (non-hydrogen) atoms. The standard InChI is InChI=1S/C32H33Cl3N2O3/c1-32(2)12-11-22(27(19-32)21-3-5-23(33)6-4-21)20-36-13-15-37(16-14-36)24-7-9-26(31(38)39)30(17-24)40-25-8-10-28(34)29(35)18-25/h3-10,17-18H,11-16,19-20H2,1-2H3,(H,38,39). The van der Waals surface area contributed by atoms with Crippen LogP contribution in [0.3, 0.4) is 0 Å². The number of ether oxygens (including phenoxy) is 1. The van der Waals surface area contributed by atoms with Gasteiger partial charge in [-0.05, 0) is 72.2 Å². The van der Waals surface area contributed by atoms with Crippen LogP contribution in [0.25, 0.3) is 5.57 Å². The maximum atomic E-state index is 11.9. The van der Waals surface area contributed by atoms with E-state index in [0.717, 1.165) is 56.3 Å². The number of piperazine rings is 1. The van der Waals surface area contributed by atoms with Gasteiger partial charge in [-0.15, -0.1) is 0 Å². The zero-order valence-corrected chi connectivity index (χ0v) is 25.0. The summed E-state index contributed by atoms with van der Waals surface area (Å²) in [7, 11) is 0. The van der Waals surface area contributed by atoms with E-state index in [0.29, 0.717) is 15.8 Å². The second-order valence-electron chi connectivity index (χ2n) is 11.4. The van der Waals surface area contributed by atoms with E-state index in [4.69, 9.17) is 39.5 Å².